The number of hydrogen-bond acceptors (Lipinski definition) is 4. The lowest BCUT2D eigenvalue weighted by Crippen LogP contribution is -2.35. The first-order chi connectivity index (χ1) is 8.22. The summed E-state index contributed by atoms with van der Waals surface area (Å²) < 4.78 is 5.10. The molecule has 0 bridgehead atoms. The lowest BCUT2D eigenvalue weighted by molar-refractivity contribution is 0.0527. The Balaban J connectivity index is 3.44. The van der Waals surface area contributed by atoms with Crippen molar-refractivity contribution in [1.82, 2.24) is 10.6 Å². The van der Waals surface area contributed by atoms with Crippen LogP contribution in [0.4, 0.5) is 4.79 Å². The molecule has 0 heterocycles. The molecule has 0 aliphatic heterocycles. The summed E-state index contributed by atoms with van der Waals surface area (Å²) in [6.07, 6.45) is 0.109. The van der Waals surface area contributed by atoms with Crippen molar-refractivity contribution in [2.24, 2.45) is 5.92 Å². The highest BCUT2D eigenvalue weighted by Gasteiger charge is 2.15. The van der Waals surface area contributed by atoms with E-state index >= 15 is 0 Å². The van der Waals surface area contributed by atoms with E-state index in [1.807, 2.05) is 34.6 Å². The Morgan fingerprint density at radius 3 is 2.39 bits per heavy atom. The second-order valence-electron chi connectivity index (χ2n) is 5.80. The Kier molecular flexibility index (Phi) is 7.95. The van der Waals surface area contributed by atoms with Crippen LogP contribution in [0.3, 0.4) is 0 Å². The van der Waals surface area contributed by atoms with Crippen molar-refractivity contribution in [2.45, 2.75) is 52.7 Å². The van der Waals surface area contributed by atoms with Gasteiger partial charge >= 0.3 is 6.09 Å². The van der Waals surface area contributed by atoms with Crippen LogP contribution in [0.5, 0.6) is 0 Å². The van der Waals surface area contributed by atoms with E-state index in [9.17, 15) is 9.90 Å². The third-order valence-electron chi connectivity index (χ3n) is 2.32. The fourth-order valence-corrected chi connectivity index (χ4v) is 1.20. The van der Waals surface area contributed by atoms with Crippen LogP contribution in [0.1, 0.15) is 41.0 Å². The fourth-order valence-electron chi connectivity index (χ4n) is 1.20. The quantitative estimate of drug-likeness (QED) is 0.607. The van der Waals surface area contributed by atoms with Gasteiger partial charge in [-0.3, -0.25) is 0 Å². The Morgan fingerprint density at radius 1 is 1.28 bits per heavy atom. The van der Waals surface area contributed by atoms with Crippen molar-refractivity contribution in [3.8, 4) is 0 Å². The predicted molar refractivity (Wildman–Crippen MR) is 72.6 cm³/mol. The molecule has 0 saturated carbocycles. The highest BCUT2D eigenvalue weighted by molar-refractivity contribution is 5.67. The molecule has 0 aliphatic rings. The number of carbonyl (C=O) groups is 1. The van der Waals surface area contributed by atoms with Gasteiger partial charge in [-0.2, -0.15) is 0 Å². The monoisotopic (exact) mass is 260 g/mol. The number of ether oxygens (including phenoxy) is 1. The first-order valence-electron chi connectivity index (χ1n) is 6.58. The van der Waals surface area contributed by atoms with Gasteiger partial charge in [-0.25, -0.2) is 4.79 Å². The molecule has 1 amide bonds. The molecule has 0 fully saturated rings. The SMILES string of the molecule is CC(C)C(O)CNCCCNC(=O)OC(C)(C)C. The predicted octanol–water partition coefficient (Wildman–Crippen LogP) is 1.51. The summed E-state index contributed by atoms with van der Waals surface area (Å²) in [7, 11) is 0. The summed E-state index contributed by atoms with van der Waals surface area (Å²) in [6.45, 7) is 11.4. The molecule has 0 aliphatic carbocycles. The van der Waals surface area contributed by atoms with Gasteiger partial charge in [-0.05, 0) is 39.7 Å². The van der Waals surface area contributed by atoms with E-state index in [2.05, 4.69) is 10.6 Å². The van der Waals surface area contributed by atoms with Crippen molar-refractivity contribution in [1.29, 1.82) is 0 Å². The molecule has 18 heavy (non-hydrogen) atoms. The summed E-state index contributed by atoms with van der Waals surface area (Å²) in [5.41, 5.74) is -0.455. The molecule has 0 saturated heterocycles. The zero-order chi connectivity index (χ0) is 14.2. The van der Waals surface area contributed by atoms with Gasteiger partial charge in [-0.1, -0.05) is 13.8 Å². The van der Waals surface area contributed by atoms with E-state index in [1.165, 1.54) is 0 Å². The van der Waals surface area contributed by atoms with Crippen LogP contribution in [0.15, 0.2) is 0 Å². The second kappa shape index (κ2) is 8.32. The largest absolute Gasteiger partial charge is 0.444 e. The molecule has 0 aromatic rings. The Morgan fingerprint density at radius 2 is 1.89 bits per heavy atom. The number of alkyl carbamates (subject to hydrolysis) is 1. The van der Waals surface area contributed by atoms with Crippen molar-refractivity contribution in [3.63, 3.8) is 0 Å². The third kappa shape index (κ3) is 10.4. The average Bonchev–Trinajstić information content (AvgIpc) is 2.19. The van der Waals surface area contributed by atoms with Gasteiger partial charge in [0, 0.05) is 13.1 Å². The van der Waals surface area contributed by atoms with Crippen molar-refractivity contribution in [3.05, 3.63) is 0 Å². The molecule has 0 radical (unpaired) electrons. The molecule has 1 atom stereocenters. The van der Waals surface area contributed by atoms with Gasteiger partial charge in [0.25, 0.3) is 0 Å². The zero-order valence-corrected chi connectivity index (χ0v) is 12.2. The van der Waals surface area contributed by atoms with Crippen LogP contribution in [0, 0.1) is 5.92 Å². The molecule has 3 N–H and O–H groups in total. The molecular formula is C13H28N2O3. The van der Waals surface area contributed by atoms with E-state index in [4.69, 9.17) is 4.74 Å². The van der Waals surface area contributed by atoms with E-state index in [0.29, 0.717) is 13.1 Å². The van der Waals surface area contributed by atoms with Crippen LogP contribution < -0.4 is 10.6 Å². The number of amides is 1. The van der Waals surface area contributed by atoms with Crippen molar-refractivity contribution in [2.75, 3.05) is 19.6 Å². The van der Waals surface area contributed by atoms with E-state index < -0.39 is 5.60 Å². The average molecular weight is 260 g/mol. The number of aliphatic hydroxyl groups excluding tert-OH is 1. The second-order valence-corrected chi connectivity index (χ2v) is 5.80. The van der Waals surface area contributed by atoms with Crippen LogP contribution >= 0.6 is 0 Å². The van der Waals surface area contributed by atoms with Gasteiger partial charge in [-0.15, -0.1) is 0 Å². The Bertz CT molecular complexity index is 237. The summed E-state index contributed by atoms with van der Waals surface area (Å²) in [5.74, 6) is 0.261. The molecule has 0 spiro atoms. The maximum Gasteiger partial charge on any atom is 0.407 e. The molecule has 1 unspecified atom stereocenters. The molecule has 0 rings (SSSR count). The van der Waals surface area contributed by atoms with Gasteiger partial charge in [0.15, 0.2) is 0 Å². The number of aliphatic hydroxyl groups is 1. The molecule has 0 aromatic heterocycles. The van der Waals surface area contributed by atoms with E-state index in [1.54, 1.807) is 0 Å². The first-order valence-corrected chi connectivity index (χ1v) is 6.58. The summed E-state index contributed by atoms with van der Waals surface area (Å²) in [5, 5.41) is 15.4. The fraction of sp³-hybridized carbons (Fsp3) is 0.923. The molecule has 0 aromatic carbocycles. The van der Waals surface area contributed by atoms with Crippen LogP contribution in [0.2, 0.25) is 0 Å². The Labute approximate surface area is 110 Å². The topological polar surface area (TPSA) is 70.6 Å². The van der Waals surface area contributed by atoms with Gasteiger partial charge in [0.1, 0.15) is 5.60 Å². The molecule has 108 valence electrons. The highest BCUT2D eigenvalue weighted by Crippen LogP contribution is 2.06. The smallest absolute Gasteiger partial charge is 0.407 e. The Hall–Kier alpha value is -0.810. The minimum atomic E-state index is -0.455. The number of rotatable bonds is 7. The highest BCUT2D eigenvalue weighted by atomic mass is 16.6. The third-order valence-corrected chi connectivity index (χ3v) is 2.32. The van der Waals surface area contributed by atoms with Gasteiger partial charge < -0.3 is 20.5 Å². The van der Waals surface area contributed by atoms with Gasteiger partial charge in [0.2, 0.25) is 0 Å². The van der Waals surface area contributed by atoms with E-state index in [-0.39, 0.29) is 18.1 Å². The maximum absolute atomic E-state index is 11.3. The lowest BCUT2D eigenvalue weighted by atomic mass is 10.1. The summed E-state index contributed by atoms with van der Waals surface area (Å²) in [6, 6.07) is 0. The standard InChI is InChI=1S/C13H28N2O3/c1-10(2)11(16)9-14-7-6-8-15-12(17)18-13(3,4)5/h10-11,14,16H,6-9H2,1-5H3,(H,15,17). The summed E-state index contributed by atoms with van der Waals surface area (Å²) in [4.78, 5) is 11.3. The normalized spacial score (nSPS) is 13.5. The minimum absolute atomic E-state index is 0.261. The van der Waals surface area contributed by atoms with Crippen LogP contribution in [-0.2, 0) is 4.74 Å². The number of hydrogen-bond donors (Lipinski definition) is 3. The van der Waals surface area contributed by atoms with E-state index in [0.717, 1.165) is 13.0 Å². The molecular weight excluding hydrogens is 232 g/mol. The number of carbonyl (C=O) groups excluding carboxylic acids is 1. The maximum atomic E-state index is 11.3. The van der Waals surface area contributed by atoms with Crippen molar-refractivity contribution < 1.29 is 14.6 Å². The van der Waals surface area contributed by atoms with Crippen molar-refractivity contribution >= 4 is 6.09 Å². The van der Waals surface area contributed by atoms with Crippen LogP contribution in [-0.4, -0.2) is 42.5 Å². The minimum Gasteiger partial charge on any atom is -0.444 e. The first kappa shape index (κ1) is 17.2. The molecule has 5 nitrogen and oxygen atoms in total. The molecule has 5 heteroatoms. The van der Waals surface area contributed by atoms with Crippen LogP contribution in [0.25, 0.3) is 0 Å². The summed E-state index contributed by atoms with van der Waals surface area (Å²) >= 11 is 0. The van der Waals surface area contributed by atoms with Gasteiger partial charge in [0.05, 0.1) is 6.10 Å². The lowest BCUT2D eigenvalue weighted by Gasteiger charge is -2.19. The zero-order valence-electron chi connectivity index (χ0n) is 12.2. The number of nitrogens with one attached hydrogen (secondary N) is 2.